The van der Waals surface area contributed by atoms with Crippen LogP contribution in [0.25, 0.3) is 0 Å². The van der Waals surface area contributed by atoms with Crippen LogP contribution in [0.1, 0.15) is 29.8 Å². The van der Waals surface area contributed by atoms with Crippen LogP contribution in [0.2, 0.25) is 0 Å². The molecule has 0 spiro atoms. The first-order valence-corrected chi connectivity index (χ1v) is 7.61. The van der Waals surface area contributed by atoms with Crippen molar-refractivity contribution in [3.63, 3.8) is 0 Å². The van der Waals surface area contributed by atoms with Crippen molar-refractivity contribution in [1.82, 2.24) is 9.80 Å². The number of likely N-dealkylation sites (N-methyl/N-ethyl adjacent to an activating group) is 1. The van der Waals surface area contributed by atoms with E-state index in [1.54, 1.807) is 0 Å². The highest BCUT2D eigenvalue weighted by atomic mass is 79.9. The van der Waals surface area contributed by atoms with Crippen LogP contribution in [0.5, 0.6) is 0 Å². The molecule has 1 heterocycles. The maximum Gasteiger partial charge on any atom is 0.255 e. The first kappa shape index (κ1) is 14.5. The minimum absolute atomic E-state index is 0.134. The van der Waals surface area contributed by atoms with Gasteiger partial charge in [-0.2, -0.15) is 0 Å². The van der Waals surface area contributed by atoms with Crippen LogP contribution < -0.4 is 0 Å². The van der Waals surface area contributed by atoms with Gasteiger partial charge >= 0.3 is 0 Å². The van der Waals surface area contributed by atoms with Gasteiger partial charge in [-0.05, 0) is 54.0 Å². The molecule has 0 bridgehead atoms. The Kier molecular flexibility index (Phi) is 4.63. The number of halogens is 1. The van der Waals surface area contributed by atoms with E-state index in [1.165, 1.54) is 0 Å². The summed E-state index contributed by atoms with van der Waals surface area (Å²) >= 11 is 3.50. The van der Waals surface area contributed by atoms with Crippen LogP contribution >= 0.6 is 15.9 Å². The second kappa shape index (κ2) is 6.06. The average molecular weight is 325 g/mol. The maximum atomic E-state index is 12.5. The van der Waals surface area contributed by atoms with Crippen molar-refractivity contribution in [2.24, 2.45) is 0 Å². The van der Waals surface area contributed by atoms with Crippen LogP contribution in [0.4, 0.5) is 0 Å². The van der Waals surface area contributed by atoms with Crippen LogP contribution in [0.15, 0.2) is 22.7 Å². The number of carbonyl (C=O) groups is 1. The Labute approximate surface area is 123 Å². The fourth-order valence-electron chi connectivity index (χ4n) is 2.61. The number of hydrogen-bond donors (Lipinski definition) is 0. The second-order valence-electron chi connectivity index (χ2n) is 5.21. The third-order valence-corrected chi connectivity index (χ3v) is 4.47. The zero-order chi connectivity index (χ0) is 14.0. The lowest BCUT2D eigenvalue weighted by Crippen LogP contribution is -2.53. The smallest absolute Gasteiger partial charge is 0.255 e. The van der Waals surface area contributed by atoms with Gasteiger partial charge in [-0.3, -0.25) is 9.69 Å². The van der Waals surface area contributed by atoms with Crippen LogP contribution in [0.3, 0.4) is 0 Å². The first-order chi connectivity index (χ1) is 9.02. The average Bonchev–Trinajstić information content (AvgIpc) is 2.38. The van der Waals surface area contributed by atoms with Gasteiger partial charge in [-0.15, -0.1) is 0 Å². The molecule has 1 unspecified atom stereocenters. The summed E-state index contributed by atoms with van der Waals surface area (Å²) in [5.74, 6) is 0.134. The molecular formula is C15H21BrN2O. The first-order valence-electron chi connectivity index (χ1n) is 6.82. The van der Waals surface area contributed by atoms with Crippen molar-refractivity contribution in [2.75, 3.05) is 26.2 Å². The van der Waals surface area contributed by atoms with Crippen LogP contribution in [0, 0.1) is 6.92 Å². The molecule has 1 aliphatic rings. The van der Waals surface area contributed by atoms with Crippen molar-refractivity contribution < 1.29 is 4.79 Å². The van der Waals surface area contributed by atoms with Gasteiger partial charge in [0.15, 0.2) is 0 Å². The number of aryl methyl sites for hydroxylation is 1. The zero-order valence-corrected chi connectivity index (χ0v) is 13.4. The molecule has 1 atom stereocenters. The van der Waals surface area contributed by atoms with E-state index in [9.17, 15) is 4.79 Å². The van der Waals surface area contributed by atoms with E-state index in [2.05, 4.69) is 34.7 Å². The second-order valence-corrected chi connectivity index (χ2v) is 6.07. The summed E-state index contributed by atoms with van der Waals surface area (Å²) in [4.78, 5) is 16.9. The molecule has 1 aromatic carbocycles. The lowest BCUT2D eigenvalue weighted by atomic mass is 10.1. The summed E-state index contributed by atoms with van der Waals surface area (Å²) in [6.45, 7) is 10.0. The highest BCUT2D eigenvalue weighted by molar-refractivity contribution is 9.10. The maximum absolute atomic E-state index is 12.5. The number of rotatable bonds is 2. The molecule has 104 valence electrons. The van der Waals surface area contributed by atoms with Crippen LogP contribution in [-0.2, 0) is 0 Å². The van der Waals surface area contributed by atoms with Crippen molar-refractivity contribution in [3.8, 4) is 0 Å². The highest BCUT2D eigenvalue weighted by Gasteiger charge is 2.27. The molecule has 0 aromatic heterocycles. The molecule has 1 amide bonds. The molecular weight excluding hydrogens is 304 g/mol. The van der Waals surface area contributed by atoms with Gasteiger partial charge in [0, 0.05) is 30.1 Å². The molecule has 4 heteroatoms. The van der Waals surface area contributed by atoms with E-state index in [0.29, 0.717) is 6.04 Å². The molecule has 2 rings (SSSR count). The summed E-state index contributed by atoms with van der Waals surface area (Å²) in [7, 11) is 0. The lowest BCUT2D eigenvalue weighted by Gasteiger charge is -2.39. The molecule has 0 radical (unpaired) electrons. The van der Waals surface area contributed by atoms with Crippen molar-refractivity contribution >= 4 is 21.8 Å². The highest BCUT2D eigenvalue weighted by Crippen LogP contribution is 2.21. The molecule has 3 nitrogen and oxygen atoms in total. The van der Waals surface area contributed by atoms with E-state index >= 15 is 0 Å². The van der Waals surface area contributed by atoms with Crippen molar-refractivity contribution in [1.29, 1.82) is 0 Å². The van der Waals surface area contributed by atoms with Gasteiger partial charge < -0.3 is 4.90 Å². The van der Waals surface area contributed by atoms with Gasteiger partial charge in [0.05, 0.1) is 5.56 Å². The Bertz CT molecular complexity index is 475. The Balaban J connectivity index is 2.12. The van der Waals surface area contributed by atoms with Crippen molar-refractivity contribution in [2.45, 2.75) is 26.8 Å². The number of hydrogen-bond acceptors (Lipinski definition) is 2. The molecule has 0 N–H and O–H groups in total. The fourth-order valence-corrected chi connectivity index (χ4v) is 3.28. The monoisotopic (exact) mass is 324 g/mol. The molecule has 1 aliphatic heterocycles. The molecule has 0 aliphatic carbocycles. The number of piperazine rings is 1. The van der Waals surface area contributed by atoms with Gasteiger partial charge in [0.1, 0.15) is 0 Å². The minimum Gasteiger partial charge on any atom is -0.336 e. The minimum atomic E-state index is 0.134. The Morgan fingerprint density at radius 2 is 2.16 bits per heavy atom. The van der Waals surface area contributed by atoms with Gasteiger partial charge in [0.2, 0.25) is 0 Å². The predicted molar refractivity (Wildman–Crippen MR) is 81.5 cm³/mol. The van der Waals surface area contributed by atoms with E-state index in [-0.39, 0.29) is 5.91 Å². The summed E-state index contributed by atoms with van der Waals surface area (Å²) in [5, 5.41) is 0. The molecule has 1 fully saturated rings. The number of amides is 1. The predicted octanol–water partition coefficient (Wildman–Crippen LogP) is 2.92. The standard InChI is InChI=1S/C15H21BrN2O/c1-4-17-7-8-18(10-12(17)3)15(19)13-6-5-11(2)9-14(13)16/h5-6,9,12H,4,7-8,10H2,1-3H3. The third-order valence-electron chi connectivity index (χ3n) is 3.81. The molecule has 0 saturated carbocycles. The van der Waals surface area contributed by atoms with Gasteiger partial charge in [0.25, 0.3) is 5.91 Å². The van der Waals surface area contributed by atoms with E-state index < -0.39 is 0 Å². The number of nitrogens with zero attached hydrogens (tertiary/aromatic N) is 2. The summed E-state index contributed by atoms with van der Waals surface area (Å²) < 4.78 is 0.892. The summed E-state index contributed by atoms with van der Waals surface area (Å²) in [5.41, 5.74) is 1.93. The summed E-state index contributed by atoms with van der Waals surface area (Å²) in [6, 6.07) is 6.34. The quantitative estimate of drug-likeness (QED) is 0.835. The Morgan fingerprint density at radius 1 is 1.42 bits per heavy atom. The van der Waals surface area contributed by atoms with Gasteiger partial charge in [-0.25, -0.2) is 0 Å². The molecule has 1 saturated heterocycles. The van der Waals surface area contributed by atoms with E-state index in [4.69, 9.17) is 0 Å². The van der Waals surface area contributed by atoms with Gasteiger partial charge in [-0.1, -0.05) is 13.0 Å². The normalized spacial score (nSPS) is 20.6. The Hall–Kier alpha value is -0.870. The van der Waals surface area contributed by atoms with Crippen molar-refractivity contribution in [3.05, 3.63) is 33.8 Å². The topological polar surface area (TPSA) is 23.6 Å². The molecule has 19 heavy (non-hydrogen) atoms. The molecule has 1 aromatic rings. The number of benzene rings is 1. The van der Waals surface area contributed by atoms with E-state index in [0.717, 1.165) is 41.8 Å². The third kappa shape index (κ3) is 3.18. The Morgan fingerprint density at radius 3 is 2.74 bits per heavy atom. The fraction of sp³-hybridized carbons (Fsp3) is 0.533. The largest absolute Gasteiger partial charge is 0.336 e. The number of carbonyl (C=O) groups excluding carboxylic acids is 1. The summed E-state index contributed by atoms with van der Waals surface area (Å²) in [6.07, 6.45) is 0. The zero-order valence-electron chi connectivity index (χ0n) is 11.8. The van der Waals surface area contributed by atoms with E-state index in [1.807, 2.05) is 30.0 Å². The van der Waals surface area contributed by atoms with Crippen LogP contribution in [-0.4, -0.2) is 47.9 Å². The SMILES string of the molecule is CCN1CCN(C(=O)c2ccc(C)cc2Br)CC1C. The lowest BCUT2D eigenvalue weighted by molar-refractivity contribution is 0.0527.